The summed E-state index contributed by atoms with van der Waals surface area (Å²) >= 11 is 3.55. The van der Waals surface area contributed by atoms with Crippen molar-refractivity contribution in [3.8, 4) is 0 Å². The minimum absolute atomic E-state index is 0.491. The van der Waals surface area contributed by atoms with Gasteiger partial charge in [0.1, 0.15) is 5.82 Å². The molecule has 4 heteroatoms. The van der Waals surface area contributed by atoms with Gasteiger partial charge in [0.25, 0.3) is 0 Å². The van der Waals surface area contributed by atoms with Crippen LogP contribution in [0.5, 0.6) is 0 Å². The highest BCUT2D eigenvalue weighted by Gasteiger charge is 2.24. The Labute approximate surface area is 131 Å². The number of aromatic nitrogens is 1. The predicted molar refractivity (Wildman–Crippen MR) is 89.2 cm³/mol. The number of piperidine rings is 1. The number of anilines is 1. The number of hydrogen-bond donors (Lipinski definition) is 1. The lowest BCUT2D eigenvalue weighted by molar-refractivity contribution is 0.444. The van der Waals surface area contributed by atoms with Gasteiger partial charge in [0, 0.05) is 41.4 Å². The number of halogens is 1. The highest BCUT2D eigenvalue weighted by atomic mass is 79.9. The van der Waals surface area contributed by atoms with E-state index in [2.05, 4.69) is 53.0 Å². The number of nitrogens with one attached hydrogen (secondary N) is 1. The summed E-state index contributed by atoms with van der Waals surface area (Å²) in [6.07, 6.45) is 7.06. The van der Waals surface area contributed by atoms with Crippen molar-refractivity contribution in [3.05, 3.63) is 22.3 Å². The molecule has 0 bridgehead atoms. The molecule has 0 spiro atoms. The normalized spacial score (nSPS) is 19.6. The molecule has 1 aromatic heterocycles. The van der Waals surface area contributed by atoms with Crippen LogP contribution in [0.4, 0.5) is 5.82 Å². The van der Waals surface area contributed by atoms with Crippen LogP contribution in [0.3, 0.4) is 0 Å². The third-order valence-electron chi connectivity index (χ3n) is 3.98. The first-order chi connectivity index (χ1) is 9.61. The first-order valence-corrected chi connectivity index (χ1v) is 8.55. The van der Waals surface area contributed by atoms with E-state index in [-0.39, 0.29) is 0 Å². The molecular weight excluding hydrogens is 314 g/mol. The van der Waals surface area contributed by atoms with Gasteiger partial charge in [0.2, 0.25) is 0 Å². The molecule has 2 heterocycles. The van der Waals surface area contributed by atoms with E-state index in [4.69, 9.17) is 4.98 Å². The number of rotatable bonds is 5. The molecule has 1 saturated heterocycles. The first kappa shape index (κ1) is 15.8. The summed E-state index contributed by atoms with van der Waals surface area (Å²) in [5.41, 5.74) is 1.30. The second-order valence-corrected chi connectivity index (χ2v) is 6.84. The fourth-order valence-corrected chi connectivity index (χ4v) is 3.26. The van der Waals surface area contributed by atoms with E-state index in [1.807, 2.05) is 6.20 Å². The van der Waals surface area contributed by atoms with E-state index in [1.165, 1.54) is 37.1 Å². The van der Waals surface area contributed by atoms with Gasteiger partial charge in [0.05, 0.1) is 0 Å². The molecule has 0 aliphatic carbocycles. The van der Waals surface area contributed by atoms with Crippen molar-refractivity contribution in [3.63, 3.8) is 0 Å². The van der Waals surface area contributed by atoms with Crippen LogP contribution in [-0.2, 0) is 6.54 Å². The van der Waals surface area contributed by atoms with Gasteiger partial charge in [-0.2, -0.15) is 0 Å². The van der Waals surface area contributed by atoms with Crippen molar-refractivity contribution in [1.82, 2.24) is 10.3 Å². The summed E-state index contributed by atoms with van der Waals surface area (Å²) < 4.78 is 1.06. The van der Waals surface area contributed by atoms with Crippen LogP contribution in [-0.4, -0.2) is 23.6 Å². The van der Waals surface area contributed by atoms with E-state index < -0.39 is 0 Å². The molecule has 0 radical (unpaired) electrons. The van der Waals surface area contributed by atoms with E-state index in [0.717, 1.165) is 17.6 Å². The molecule has 2 rings (SSSR count). The molecule has 112 valence electrons. The quantitative estimate of drug-likeness (QED) is 0.874. The molecule has 3 nitrogen and oxygen atoms in total. The minimum Gasteiger partial charge on any atom is -0.353 e. The second kappa shape index (κ2) is 7.41. The van der Waals surface area contributed by atoms with E-state index in [0.29, 0.717) is 12.1 Å². The Hall–Kier alpha value is -0.610. The molecule has 1 aliphatic heterocycles. The molecule has 1 fully saturated rings. The van der Waals surface area contributed by atoms with Gasteiger partial charge in [-0.25, -0.2) is 4.98 Å². The summed E-state index contributed by atoms with van der Waals surface area (Å²) in [5, 5.41) is 3.51. The van der Waals surface area contributed by atoms with Crippen molar-refractivity contribution in [2.45, 2.75) is 65.1 Å². The van der Waals surface area contributed by atoms with Gasteiger partial charge >= 0.3 is 0 Å². The molecule has 1 aliphatic rings. The Morgan fingerprint density at radius 2 is 2.25 bits per heavy atom. The molecule has 1 N–H and O–H groups in total. The SMILES string of the molecule is CCC1CCCCN1c1ncc(Br)cc1CNC(C)C. The van der Waals surface area contributed by atoms with Gasteiger partial charge in [-0.3, -0.25) is 0 Å². The van der Waals surface area contributed by atoms with Gasteiger partial charge in [-0.05, 0) is 47.7 Å². The van der Waals surface area contributed by atoms with E-state index in [9.17, 15) is 0 Å². The van der Waals surface area contributed by atoms with Crippen LogP contribution >= 0.6 is 15.9 Å². The van der Waals surface area contributed by atoms with Crippen LogP contribution in [0.1, 0.15) is 52.0 Å². The Morgan fingerprint density at radius 1 is 1.45 bits per heavy atom. The smallest absolute Gasteiger partial charge is 0.133 e. The lowest BCUT2D eigenvalue weighted by Crippen LogP contribution is -2.40. The monoisotopic (exact) mass is 339 g/mol. The largest absolute Gasteiger partial charge is 0.353 e. The number of nitrogens with zero attached hydrogens (tertiary/aromatic N) is 2. The van der Waals surface area contributed by atoms with Crippen molar-refractivity contribution in [2.24, 2.45) is 0 Å². The predicted octanol–water partition coefficient (Wildman–Crippen LogP) is 4.11. The molecule has 20 heavy (non-hydrogen) atoms. The van der Waals surface area contributed by atoms with Gasteiger partial charge in [-0.15, -0.1) is 0 Å². The standard InChI is InChI=1S/C16H26BrN3/c1-4-15-7-5-6-8-20(15)16-13(10-18-12(2)3)9-14(17)11-19-16/h9,11-12,15,18H,4-8,10H2,1-3H3. The lowest BCUT2D eigenvalue weighted by atomic mass is 9.99. The topological polar surface area (TPSA) is 28.2 Å². The minimum atomic E-state index is 0.491. The van der Waals surface area contributed by atoms with Crippen molar-refractivity contribution in [2.75, 3.05) is 11.4 Å². The summed E-state index contributed by atoms with van der Waals surface area (Å²) in [7, 11) is 0. The Morgan fingerprint density at radius 3 is 2.95 bits per heavy atom. The Balaban J connectivity index is 2.24. The molecular formula is C16H26BrN3. The number of hydrogen-bond acceptors (Lipinski definition) is 3. The highest BCUT2D eigenvalue weighted by molar-refractivity contribution is 9.10. The van der Waals surface area contributed by atoms with Crippen LogP contribution < -0.4 is 10.2 Å². The number of pyridine rings is 1. The van der Waals surface area contributed by atoms with Gasteiger partial charge < -0.3 is 10.2 Å². The fraction of sp³-hybridized carbons (Fsp3) is 0.688. The third kappa shape index (κ3) is 3.95. The zero-order valence-corrected chi connectivity index (χ0v) is 14.4. The third-order valence-corrected chi connectivity index (χ3v) is 4.41. The Kier molecular flexibility index (Phi) is 5.85. The molecule has 1 unspecified atom stereocenters. The van der Waals surface area contributed by atoms with Crippen LogP contribution in [0.15, 0.2) is 16.7 Å². The summed E-state index contributed by atoms with van der Waals surface area (Å²) in [4.78, 5) is 7.24. The highest BCUT2D eigenvalue weighted by Crippen LogP contribution is 2.29. The van der Waals surface area contributed by atoms with Crippen LogP contribution in [0.2, 0.25) is 0 Å². The molecule has 0 aromatic carbocycles. The molecule has 0 saturated carbocycles. The van der Waals surface area contributed by atoms with E-state index >= 15 is 0 Å². The fourth-order valence-electron chi connectivity index (χ4n) is 2.88. The molecule has 0 amide bonds. The summed E-state index contributed by atoms with van der Waals surface area (Å²) in [5.74, 6) is 1.17. The summed E-state index contributed by atoms with van der Waals surface area (Å²) in [6, 6.07) is 3.35. The molecule has 1 aromatic rings. The average molecular weight is 340 g/mol. The van der Waals surface area contributed by atoms with Crippen molar-refractivity contribution in [1.29, 1.82) is 0 Å². The first-order valence-electron chi connectivity index (χ1n) is 7.76. The maximum absolute atomic E-state index is 4.72. The van der Waals surface area contributed by atoms with Crippen molar-refractivity contribution < 1.29 is 0 Å². The van der Waals surface area contributed by atoms with Crippen molar-refractivity contribution >= 4 is 21.7 Å². The van der Waals surface area contributed by atoms with Crippen LogP contribution in [0.25, 0.3) is 0 Å². The second-order valence-electron chi connectivity index (χ2n) is 5.92. The van der Waals surface area contributed by atoms with Gasteiger partial charge in [-0.1, -0.05) is 20.8 Å². The Bertz CT molecular complexity index is 434. The lowest BCUT2D eigenvalue weighted by Gasteiger charge is -2.37. The maximum Gasteiger partial charge on any atom is 0.133 e. The zero-order chi connectivity index (χ0) is 14.5. The zero-order valence-electron chi connectivity index (χ0n) is 12.8. The maximum atomic E-state index is 4.72. The molecule has 1 atom stereocenters. The van der Waals surface area contributed by atoms with Crippen LogP contribution in [0, 0.1) is 0 Å². The van der Waals surface area contributed by atoms with E-state index in [1.54, 1.807) is 0 Å². The summed E-state index contributed by atoms with van der Waals surface area (Å²) in [6.45, 7) is 8.67. The average Bonchev–Trinajstić information content (AvgIpc) is 2.45. The van der Waals surface area contributed by atoms with Gasteiger partial charge in [0.15, 0.2) is 0 Å².